The van der Waals surface area contributed by atoms with Gasteiger partial charge in [-0.1, -0.05) is 37.0 Å². The molecule has 0 unspecified atom stereocenters. The Kier molecular flexibility index (Phi) is 7.75. The minimum atomic E-state index is -0.148. The number of halogens is 2. The quantitative estimate of drug-likeness (QED) is 0.420. The first-order valence-electron chi connectivity index (χ1n) is 11.0. The molecule has 0 spiro atoms. The fourth-order valence-electron chi connectivity index (χ4n) is 3.78. The van der Waals surface area contributed by atoms with Gasteiger partial charge in [0.05, 0.1) is 22.1 Å². The zero-order chi connectivity index (χ0) is 23.4. The second kappa shape index (κ2) is 10.7. The second-order valence-corrected chi connectivity index (χ2v) is 9.37. The van der Waals surface area contributed by atoms with Crippen LogP contribution in [0.25, 0.3) is 11.3 Å². The number of amides is 1. The van der Waals surface area contributed by atoms with Crippen molar-refractivity contribution >= 4 is 51.8 Å². The van der Waals surface area contributed by atoms with Gasteiger partial charge in [-0.25, -0.2) is 4.99 Å². The van der Waals surface area contributed by atoms with Gasteiger partial charge in [0.1, 0.15) is 5.75 Å². The molecule has 0 saturated heterocycles. The Bertz CT molecular complexity index is 1220. The van der Waals surface area contributed by atoms with E-state index in [1.165, 1.54) is 0 Å². The zero-order valence-electron chi connectivity index (χ0n) is 18.6. The summed E-state index contributed by atoms with van der Waals surface area (Å²) in [4.78, 5) is 19.9. The molecule has 3 aromatic rings. The molecule has 1 aromatic heterocycles. The number of hydrogen-bond acceptors (Lipinski definition) is 5. The minimum Gasteiger partial charge on any atom is -0.482 e. The lowest BCUT2D eigenvalue weighted by Crippen LogP contribution is -2.26. The first-order valence-corrected chi connectivity index (χ1v) is 12.6. The van der Waals surface area contributed by atoms with Crippen LogP contribution in [0.3, 0.4) is 0 Å². The lowest BCUT2D eigenvalue weighted by atomic mass is 10.1. The number of aromatic nitrogens is 1. The number of thiazole rings is 1. The third kappa shape index (κ3) is 5.61. The van der Waals surface area contributed by atoms with Crippen LogP contribution < -0.4 is 14.9 Å². The fourth-order valence-corrected chi connectivity index (χ4v) is 5.17. The van der Waals surface area contributed by atoms with E-state index in [-0.39, 0.29) is 12.5 Å². The molecule has 1 N–H and O–H groups in total. The van der Waals surface area contributed by atoms with E-state index in [2.05, 4.69) is 34.0 Å². The Balaban J connectivity index is 1.73. The monoisotopic (exact) mass is 504 g/mol. The standard InChI is InChI=1S/C24H26Cl2N4O2S/c1-3-29(4-2)10-5-11-30-21(16-6-9-22-20(12-16)27-23(31)14-32-22)15-33-24(30)28-19-8-7-17(25)13-18(19)26/h6-9,12-13,15H,3-5,10-11,14H2,1-2H3,(H,27,31). The smallest absolute Gasteiger partial charge is 0.262 e. The van der Waals surface area contributed by atoms with Gasteiger partial charge in [-0.2, -0.15) is 0 Å². The zero-order valence-corrected chi connectivity index (χ0v) is 20.9. The summed E-state index contributed by atoms with van der Waals surface area (Å²) in [6.07, 6.45) is 0.984. The normalized spacial score (nSPS) is 13.7. The van der Waals surface area contributed by atoms with Gasteiger partial charge in [0.15, 0.2) is 11.4 Å². The fraction of sp³-hybridized carbons (Fsp3) is 0.333. The van der Waals surface area contributed by atoms with Gasteiger partial charge in [-0.3, -0.25) is 4.79 Å². The maximum atomic E-state index is 11.8. The van der Waals surface area contributed by atoms with Crippen LogP contribution in [0.4, 0.5) is 11.4 Å². The van der Waals surface area contributed by atoms with Crippen LogP contribution in [0, 0.1) is 0 Å². The number of anilines is 1. The molecule has 0 bridgehead atoms. The third-order valence-corrected chi connectivity index (χ3v) is 6.98. The van der Waals surface area contributed by atoms with Crippen LogP contribution in [0.5, 0.6) is 5.75 Å². The third-order valence-electron chi connectivity index (χ3n) is 5.58. The summed E-state index contributed by atoms with van der Waals surface area (Å²) in [6, 6.07) is 11.2. The van der Waals surface area contributed by atoms with Crippen LogP contribution in [0.2, 0.25) is 10.0 Å². The average Bonchev–Trinajstić information content (AvgIpc) is 3.20. The molecule has 9 heteroatoms. The second-order valence-electron chi connectivity index (χ2n) is 7.69. The van der Waals surface area contributed by atoms with E-state index in [0.717, 1.165) is 48.7 Å². The number of benzene rings is 2. The van der Waals surface area contributed by atoms with E-state index in [0.29, 0.717) is 27.2 Å². The Labute approximate surface area is 207 Å². The molecule has 174 valence electrons. The molecule has 0 fully saturated rings. The molecule has 2 aromatic carbocycles. The maximum absolute atomic E-state index is 11.8. The molecule has 33 heavy (non-hydrogen) atoms. The highest BCUT2D eigenvalue weighted by atomic mass is 35.5. The van der Waals surface area contributed by atoms with Gasteiger partial charge in [-0.15, -0.1) is 11.3 Å². The molecule has 1 aliphatic heterocycles. The Morgan fingerprint density at radius 3 is 2.76 bits per heavy atom. The van der Waals surface area contributed by atoms with Gasteiger partial charge < -0.3 is 19.5 Å². The lowest BCUT2D eigenvalue weighted by molar-refractivity contribution is -0.118. The van der Waals surface area contributed by atoms with E-state index < -0.39 is 0 Å². The van der Waals surface area contributed by atoms with Gasteiger partial charge >= 0.3 is 0 Å². The van der Waals surface area contributed by atoms with Crippen molar-refractivity contribution in [3.8, 4) is 17.0 Å². The number of hydrogen-bond donors (Lipinski definition) is 1. The first kappa shape index (κ1) is 23.8. The predicted molar refractivity (Wildman–Crippen MR) is 136 cm³/mol. The molecule has 0 radical (unpaired) electrons. The number of rotatable bonds is 8. The van der Waals surface area contributed by atoms with Gasteiger partial charge in [0.2, 0.25) is 0 Å². The summed E-state index contributed by atoms with van der Waals surface area (Å²) in [5, 5.41) is 6.08. The van der Waals surface area contributed by atoms with Crippen molar-refractivity contribution in [3.63, 3.8) is 0 Å². The number of nitrogens with zero attached hydrogens (tertiary/aromatic N) is 3. The molecular formula is C24H26Cl2N4O2S. The van der Waals surface area contributed by atoms with E-state index in [4.69, 9.17) is 32.9 Å². The topological polar surface area (TPSA) is 58.9 Å². The van der Waals surface area contributed by atoms with Crippen molar-refractivity contribution in [2.24, 2.45) is 4.99 Å². The minimum absolute atomic E-state index is 0.0427. The van der Waals surface area contributed by atoms with E-state index in [1.54, 1.807) is 23.5 Å². The lowest BCUT2D eigenvalue weighted by Gasteiger charge is -2.20. The maximum Gasteiger partial charge on any atom is 0.262 e. The first-order chi connectivity index (χ1) is 16.0. The largest absolute Gasteiger partial charge is 0.482 e. The van der Waals surface area contributed by atoms with Crippen LogP contribution in [0.1, 0.15) is 20.3 Å². The van der Waals surface area contributed by atoms with Crippen LogP contribution >= 0.6 is 34.5 Å². The van der Waals surface area contributed by atoms with Gasteiger partial charge in [-0.05, 0) is 62.5 Å². The summed E-state index contributed by atoms with van der Waals surface area (Å²) in [7, 11) is 0. The number of ether oxygens (including phenoxy) is 1. The number of fused-ring (bicyclic) bond motifs is 1. The van der Waals surface area contributed by atoms with Crippen molar-refractivity contribution in [1.82, 2.24) is 9.47 Å². The van der Waals surface area contributed by atoms with E-state index in [9.17, 15) is 4.79 Å². The van der Waals surface area contributed by atoms with Crippen molar-refractivity contribution in [2.45, 2.75) is 26.8 Å². The van der Waals surface area contributed by atoms with Crippen molar-refractivity contribution in [3.05, 3.63) is 56.6 Å². The number of nitrogens with one attached hydrogen (secondary N) is 1. The van der Waals surface area contributed by atoms with Crippen LogP contribution in [-0.4, -0.2) is 41.6 Å². The highest BCUT2D eigenvalue weighted by molar-refractivity contribution is 7.07. The number of carbonyl (C=O) groups excluding carboxylic acids is 1. The molecule has 1 aliphatic rings. The van der Waals surface area contributed by atoms with Crippen molar-refractivity contribution < 1.29 is 9.53 Å². The SMILES string of the molecule is CCN(CC)CCCn1c(-c2ccc3c(c2)NC(=O)CO3)csc1=Nc1ccc(Cl)cc1Cl. The van der Waals surface area contributed by atoms with Crippen molar-refractivity contribution in [2.75, 3.05) is 31.6 Å². The summed E-state index contributed by atoms with van der Waals surface area (Å²) in [5.74, 6) is 0.532. The molecular weight excluding hydrogens is 479 g/mol. The molecule has 2 heterocycles. The highest BCUT2D eigenvalue weighted by Crippen LogP contribution is 2.33. The summed E-state index contributed by atoms with van der Waals surface area (Å²) >= 11 is 14.0. The molecule has 6 nitrogen and oxygen atoms in total. The summed E-state index contributed by atoms with van der Waals surface area (Å²) in [6.45, 7) is 8.27. The van der Waals surface area contributed by atoms with E-state index in [1.807, 2.05) is 24.3 Å². The summed E-state index contributed by atoms with van der Waals surface area (Å²) < 4.78 is 7.73. The van der Waals surface area contributed by atoms with E-state index >= 15 is 0 Å². The summed E-state index contributed by atoms with van der Waals surface area (Å²) in [5.41, 5.74) is 3.38. The number of carbonyl (C=O) groups is 1. The molecule has 1 amide bonds. The average molecular weight is 505 g/mol. The van der Waals surface area contributed by atoms with Crippen molar-refractivity contribution in [1.29, 1.82) is 0 Å². The van der Waals surface area contributed by atoms with Crippen LogP contribution in [-0.2, 0) is 11.3 Å². The van der Waals surface area contributed by atoms with Crippen LogP contribution in [0.15, 0.2) is 46.8 Å². The molecule has 4 rings (SSSR count). The van der Waals surface area contributed by atoms with Gasteiger partial charge in [0, 0.05) is 22.5 Å². The molecule has 0 atom stereocenters. The Hall–Kier alpha value is -2.32. The predicted octanol–water partition coefficient (Wildman–Crippen LogP) is 5.82. The molecule has 0 aliphatic carbocycles. The molecule has 0 saturated carbocycles. The highest BCUT2D eigenvalue weighted by Gasteiger charge is 2.18. The Morgan fingerprint density at radius 1 is 1.18 bits per heavy atom. The Morgan fingerprint density at radius 2 is 2.00 bits per heavy atom. The van der Waals surface area contributed by atoms with Gasteiger partial charge in [0.25, 0.3) is 5.91 Å².